The number of carbonyl (C=O) groups is 2. The van der Waals surface area contributed by atoms with Crippen molar-refractivity contribution >= 4 is 12.1 Å². The van der Waals surface area contributed by atoms with Crippen LogP contribution in [0.5, 0.6) is 0 Å². The molecule has 0 spiro atoms. The average Bonchev–Trinajstić information content (AvgIpc) is 3.07. The molecule has 1 aromatic carbocycles. The Morgan fingerprint density at radius 1 is 1.32 bits per heavy atom. The van der Waals surface area contributed by atoms with Gasteiger partial charge in [-0.3, -0.25) is 0 Å². The number of hydrogen-bond donors (Lipinski definition) is 0. The van der Waals surface area contributed by atoms with Crippen LogP contribution in [-0.4, -0.2) is 34.9 Å². The molecule has 0 saturated heterocycles. The van der Waals surface area contributed by atoms with Gasteiger partial charge >= 0.3 is 12.1 Å². The molecule has 22 heavy (non-hydrogen) atoms. The monoisotopic (exact) mass is 303 g/mol. The first-order valence-electron chi connectivity index (χ1n) is 6.69. The summed E-state index contributed by atoms with van der Waals surface area (Å²) in [5.41, 5.74) is 0.854. The van der Waals surface area contributed by atoms with Gasteiger partial charge in [-0.15, -0.1) is 0 Å². The standard InChI is InChI=1S/C15H17N3O4/c1-12(14(19)21-2)18(17-9-8-16-11-17)15(20)22-10-13-6-4-3-5-7-13/h3-9,11-12H,10H2,1-2H3. The molecule has 0 saturated carbocycles. The zero-order valence-electron chi connectivity index (χ0n) is 12.4. The van der Waals surface area contributed by atoms with Crippen LogP contribution in [0.1, 0.15) is 12.5 Å². The SMILES string of the molecule is COC(=O)C(C)N(C(=O)OCc1ccccc1)n1ccnc1. The second kappa shape index (κ2) is 7.26. The average molecular weight is 303 g/mol. The van der Waals surface area contributed by atoms with Crippen LogP contribution in [0.4, 0.5) is 4.79 Å². The molecule has 0 bridgehead atoms. The second-order valence-electron chi connectivity index (χ2n) is 4.53. The smallest absolute Gasteiger partial charge is 0.430 e. The summed E-state index contributed by atoms with van der Waals surface area (Å²) in [5.74, 6) is -0.551. The Bertz CT molecular complexity index is 613. The summed E-state index contributed by atoms with van der Waals surface area (Å²) in [4.78, 5) is 27.9. The molecule has 1 unspecified atom stereocenters. The molecule has 1 aromatic heterocycles. The van der Waals surface area contributed by atoms with Gasteiger partial charge in [0, 0.05) is 12.4 Å². The minimum absolute atomic E-state index is 0.110. The number of carbonyl (C=O) groups excluding carboxylic acids is 2. The number of nitrogens with zero attached hydrogens (tertiary/aromatic N) is 3. The molecule has 2 rings (SSSR count). The normalized spacial score (nSPS) is 11.5. The molecule has 0 N–H and O–H groups in total. The summed E-state index contributed by atoms with van der Waals surface area (Å²) in [7, 11) is 1.26. The van der Waals surface area contributed by atoms with E-state index in [-0.39, 0.29) is 6.61 Å². The molecule has 1 heterocycles. The molecule has 116 valence electrons. The highest BCUT2D eigenvalue weighted by molar-refractivity contribution is 5.88. The molecule has 2 aromatic rings. The van der Waals surface area contributed by atoms with Gasteiger partial charge in [-0.2, -0.15) is 5.01 Å². The third kappa shape index (κ3) is 3.63. The van der Waals surface area contributed by atoms with E-state index in [1.807, 2.05) is 30.3 Å². The molecule has 1 atom stereocenters. The zero-order chi connectivity index (χ0) is 15.9. The summed E-state index contributed by atoms with van der Waals surface area (Å²) < 4.78 is 11.3. The molecule has 0 aliphatic carbocycles. The van der Waals surface area contributed by atoms with E-state index in [0.29, 0.717) is 0 Å². The molecule has 7 heteroatoms. The van der Waals surface area contributed by atoms with E-state index in [1.54, 1.807) is 13.1 Å². The fourth-order valence-electron chi connectivity index (χ4n) is 1.89. The summed E-state index contributed by atoms with van der Waals surface area (Å²) in [5, 5.41) is 1.14. The summed E-state index contributed by atoms with van der Waals surface area (Å²) in [6, 6.07) is 8.43. The Labute approximate surface area is 128 Å². The highest BCUT2D eigenvalue weighted by Crippen LogP contribution is 2.07. The Hall–Kier alpha value is -2.83. The lowest BCUT2D eigenvalue weighted by atomic mass is 10.2. The third-order valence-corrected chi connectivity index (χ3v) is 3.04. The minimum atomic E-state index is -0.845. The first-order valence-corrected chi connectivity index (χ1v) is 6.69. The quantitative estimate of drug-likeness (QED) is 0.786. The van der Waals surface area contributed by atoms with E-state index in [1.165, 1.54) is 24.3 Å². The fraction of sp³-hybridized carbons (Fsp3) is 0.267. The van der Waals surface area contributed by atoms with Crippen molar-refractivity contribution in [1.29, 1.82) is 0 Å². The largest absolute Gasteiger partial charge is 0.467 e. The molecular formula is C15H17N3O4. The lowest BCUT2D eigenvalue weighted by Gasteiger charge is -2.26. The maximum atomic E-state index is 12.3. The van der Waals surface area contributed by atoms with Gasteiger partial charge in [0.1, 0.15) is 12.9 Å². The molecular weight excluding hydrogens is 286 g/mol. The molecule has 0 fully saturated rings. The number of aromatic nitrogens is 2. The van der Waals surface area contributed by atoms with Gasteiger partial charge in [0.15, 0.2) is 6.04 Å². The zero-order valence-corrected chi connectivity index (χ0v) is 12.4. The van der Waals surface area contributed by atoms with E-state index in [2.05, 4.69) is 9.72 Å². The third-order valence-electron chi connectivity index (χ3n) is 3.04. The molecule has 7 nitrogen and oxygen atoms in total. The van der Waals surface area contributed by atoms with Crippen molar-refractivity contribution in [2.45, 2.75) is 19.6 Å². The fourth-order valence-corrected chi connectivity index (χ4v) is 1.89. The highest BCUT2D eigenvalue weighted by Gasteiger charge is 2.29. The van der Waals surface area contributed by atoms with Gasteiger partial charge in [0.2, 0.25) is 0 Å². The Morgan fingerprint density at radius 3 is 2.64 bits per heavy atom. The van der Waals surface area contributed by atoms with Crippen LogP contribution in [0.15, 0.2) is 49.1 Å². The Kier molecular flexibility index (Phi) is 5.13. The summed E-state index contributed by atoms with van der Waals surface area (Å²) >= 11 is 0. The van der Waals surface area contributed by atoms with Crippen molar-refractivity contribution in [3.63, 3.8) is 0 Å². The number of hydrogen-bond acceptors (Lipinski definition) is 5. The summed E-state index contributed by atoms with van der Waals surface area (Å²) in [6.45, 7) is 1.66. The van der Waals surface area contributed by atoms with Gasteiger partial charge in [-0.25, -0.2) is 19.2 Å². The van der Waals surface area contributed by atoms with E-state index in [9.17, 15) is 9.59 Å². The van der Waals surface area contributed by atoms with Crippen LogP contribution in [-0.2, 0) is 20.9 Å². The summed E-state index contributed by atoms with van der Waals surface area (Å²) in [6.07, 6.45) is 3.79. The van der Waals surface area contributed by atoms with Crippen molar-refractivity contribution in [3.05, 3.63) is 54.6 Å². The molecule has 0 aliphatic heterocycles. The number of esters is 1. The van der Waals surface area contributed by atoms with Gasteiger partial charge < -0.3 is 9.47 Å². The Balaban J connectivity index is 2.11. The molecule has 0 radical (unpaired) electrons. The molecule has 0 aliphatic rings. The lowest BCUT2D eigenvalue weighted by Crippen LogP contribution is -2.50. The van der Waals surface area contributed by atoms with E-state index in [4.69, 9.17) is 4.74 Å². The van der Waals surface area contributed by atoms with Gasteiger partial charge in [0.05, 0.1) is 7.11 Å². The van der Waals surface area contributed by atoms with Crippen LogP contribution in [0.3, 0.4) is 0 Å². The number of benzene rings is 1. The number of ether oxygens (including phenoxy) is 2. The Morgan fingerprint density at radius 2 is 2.05 bits per heavy atom. The van der Waals surface area contributed by atoms with Crippen molar-refractivity contribution in [1.82, 2.24) is 9.66 Å². The van der Waals surface area contributed by atoms with Crippen molar-refractivity contribution in [2.24, 2.45) is 0 Å². The maximum absolute atomic E-state index is 12.3. The van der Waals surface area contributed by atoms with Gasteiger partial charge in [-0.05, 0) is 12.5 Å². The van der Waals surface area contributed by atoms with E-state index in [0.717, 1.165) is 10.6 Å². The van der Waals surface area contributed by atoms with Gasteiger partial charge in [0.25, 0.3) is 0 Å². The lowest BCUT2D eigenvalue weighted by molar-refractivity contribution is -0.142. The highest BCUT2D eigenvalue weighted by atomic mass is 16.6. The van der Waals surface area contributed by atoms with Crippen LogP contribution in [0.25, 0.3) is 0 Å². The van der Waals surface area contributed by atoms with Crippen LogP contribution >= 0.6 is 0 Å². The maximum Gasteiger partial charge on any atom is 0.430 e. The van der Waals surface area contributed by atoms with Crippen molar-refractivity contribution in [3.8, 4) is 0 Å². The van der Waals surface area contributed by atoms with Crippen molar-refractivity contribution < 1.29 is 19.1 Å². The predicted octanol–water partition coefficient (Wildman–Crippen LogP) is 1.72. The first kappa shape index (κ1) is 15.6. The van der Waals surface area contributed by atoms with Crippen LogP contribution in [0.2, 0.25) is 0 Å². The molecule has 1 amide bonds. The number of amides is 1. The van der Waals surface area contributed by atoms with E-state index >= 15 is 0 Å². The van der Waals surface area contributed by atoms with Crippen LogP contribution in [0, 0.1) is 0 Å². The number of methoxy groups -OCH3 is 1. The number of rotatable bonds is 5. The van der Waals surface area contributed by atoms with Crippen LogP contribution < -0.4 is 5.01 Å². The van der Waals surface area contributed by atoms with Gasteiger partial charge in [-0.1, -0.05) is 30.3 Å². The predicted molar refractivity (Wildman–Crippen MR) is 78.5 cm³/mol. The van der Waals surface area contributed by atoms with E-state index < -0.39 is 18.1 Å². The number of imidazole rings is 1. The minimum Gasteiger partial charge on any atom is -0.467 e. The second-order valence-corrected chi connectivity index (χ2v) is 4.53. The topological polar surface area (TPSA) is 73.7 Å². The first-order chi connectivity index (χ1) is 10.6. The van der Waals surface area contributed by atoms with Crippen molar-refractivity contribution in [2.75, 3.05) is 12.1 Å².